The highest BCUT2D eigenvalue weighted by atomic mass is 19.4. The molecular formula is C19H20F4N2O. The number of rotatable bonds is 5. The second-order valence-corrected chi connectivity index (χ2v) is 6.00. The van der Waals surface area contributed by atoms with Crippen LogP contribution < -0.4 is 4.74 Å². The predicted octanol–water partition coefficient (Wildman–Crippen LogP) is 5.87. The molecule has 0 atom stereocenters. The van der Waals surface area contributed by atoms with Crippen molar-refractivity contribution in [2.24, 2.45) is 4.99 Å². The highest BCUT2D eigenvalue weighted by Crippen LogP contribution is 2.35. The molecule has 3 nitrogen and oxygen atoms in total. The molecule has 0 aliphatic rings. The van der Waals surface area contributed by atoms with E-state index in [9.17, 15) is 17.6 Å². The van der Waals surface area contributed by atoms with E-state index in [0.717, 1.165) is 29.9 Å². The first-order valence-corrected chi connectivity index (χ1v) is 8.01. The zero-order valence-electron chi connectivity index (χ0n) is 15.0. The minimum atomic E-state index is -4.64. The maximum absolute atomic E-state index is 13.5. The summed E-state index contributed by atoms with van der Waals surface area (Å²) in [5, 5.41) is 0. The first-order chi connectivity index (χ1) is 12.1. The number of aliphatic imine (C=N–C) groups is 1. The molecule has 0 spiro atoms. The number of halogens is 4. The van der Waals surface area contributed by atoms with Gasteiger partial charge in [-0.3, -0.25) is 0 Å². The topological polar surface area (TPSA) is 24.8 Å². The van der Waals surface area contributed by atoms with Crippen molar-refractivity contribution < 1.29 is 22.3 Å². The van der Waals surface area contributed by atoms with E-state index in [1.165, 1.54) is 0 Å². The zero-order valence-corrected chi connectivity index (χ0v) is 15.0. The molecule has 2 rings (SSSR count). The van der Waals surface area contributed by atoms with Gasteiger partial charge in [0.05, 0.1) is 17.6 Å². The fraction of sp³-hybridized carbons (Fsp3) is 0.316. The lowest BCUT2D eigenvalue weighted by Gasteiger charge is -2.14. The molecule has 0 aliphatic heterocycles. The Bertz CT molecular complexity index is 816. The molecule has 0 saturated heterocycles. The van der Waals surface area contributed by atoms with Gasteiger partial charge < -0.3 is 9.64 Å². The van der Waals surface area contributed by atoms with Crippen LogP contribution in [0, 0.1) is 19.7 Å². The van der Waals surface area contributed by atoms with Gasteiger partial charge in [0.15, 0.2) is 0 Å². The normalized spacial score (nSPS) is 11.8. The minimum Gasteiger partial charge on any atom is -0.457 e. The molecule has 0 aromatic heterocycles. The third-order valence-corrected chi connectivity index (χ3v) is 3.81. The van der Waals surface area contributed by atoms with Crippen molar-refractivity contribution in [1.29, 1.82) is 0 Å². The van der Waals surface area contributed by atoms with E-state index >= 15 is 0 Å². The van der Waals surface area contributed by atoms with E-state index in [4.69, 9.17) is 4.74 Å². The second kappa shape index (κ2) is 7.76. The van der Waals surface area contributed by atoms with Crippen molar-refractivity contribution in [3.8, 4) is 11.5 Å². The molecule has 0 heterocycles. The maximum atomic E-state index is 13.5. The molecule has 0 unspecified atom stereocenters. The van der Waals surface area contributed by atoms with Crippen molar-refractivity contribution >= 4 is 12.0 Å². The molecule has 0 fully saturated rings. The van der Waals surface area contributed by atoms with Gasteiger partial charge in [0.25, 0.3) is 0 Å². The minimum absolute atomic E-state index is 0.207. The first kappa shape index (κ1) is 19.8. The molecule has 2 aromatic rings. The van der Waals surface area contributed by atoms with Gasteiger partial charge in [-0.15, -0.1) is 0 Å². The Balaban J connectivity index is 2.32. The molecule has 0 bridgehead atoms. The smallest absolute Gasteiger partial charge is 0.416 e. The average molecular weight is 368 g/mol. The SMILES string of the molecule is CCN(C)C=Nc1cc(C)c(Oc2cc(F)cc(C(F)(F)F)c2)cc1C. The van der Waals surface area contributed by atoms with Gasteiger partial charge in [0, 0.05) is 19.7 Å². The van der Waals surface area contributed by atoms with E-state index in [-0.39, 0.29) is 5.75 Å². The summed E-state index contributed by atoms with van der Waals surface area (Å²) in [5.41, 5.74) is 1.11. The molecule has 0 N–H and O–H groups in total. The van der Waals surface area contributed by atoms with Crippen molar-refractivity contribution in [1.82, 2.24) is 4.90 Å². The summed E-state index contributed by atoms with van der Waals surface area (Å²) in [6.45, 7) is 6.37. The van der Waals surface area contributed by atoms with Gasteiger partial charge in [-0.25, -0.2) is 9.38 Å². The number of aryl methyl sites for hydroxylation is 2. The van der Waals surface area contributed by atoms with Crippen LogP contribution in [-0.4, -0.2) is 24.8 Å². The monoisotopic (exact) mass is 368 g/mol. The van der Waals surface area contributed by atoms with Crippen molar-refractivity contribution in [3.05, 3.63) is 52.8 Å². The summed E-state index contributed by atoms with van der Waals surface area (Å²) in [4.78, 5) is 6.29. The van der Waals surface area contributed by atoms with Crippen molar-refractivity contribution in [2.75, 3.05) is 13.6 Å². The predicted molar refractivity (Wildman–Crippen MR) is 93.8 cm³/mol. The Labute approximate surface area is 149 Å². The Hall–Kier alpha value is -2.57. The van der Waals surface area contributed by atoms with E-state index in [1.54, 1.807) is 25.4 Å². The highest BCUT2D eigenvalue weighted by molar-refractivity contribution is 5.64. The number of benzene rings is 2. The second-order valence-electron chi connectivity index (χ2n) is 6.00. The van der Waals surface area contributed by atoms with Gasteiger partial charge in [0.2, 0.25) is 0 Å². The molecule has 0 radical (unpaired) electrons. The largest absolute Gasteiger partial charge is 0.457 e. The lowest BCUT2D eigenvalue weighted by molar-refractivity contribution is -0.137. The van der Waals surface area contributed by atoms with E-state index < -0.39 is 17.6 Å². The van der Waals surface area contributed by atoms with E-state index in [2.05, 4.69) is 4.99 Å². The lowest BCUT2D eigenvalue weighted by atomic mass is 10.1. The summed E-state index contributed by atoms with van der Waals surface area (Å²) in [6, 6.07) is 5.58. The van der Waals surface area contributed by atoms with Gasteiger partial charge >= 0.3 is 6.18 Å². The molecule has 2 aromatic carbocycles. The molecule has 7 heteroatoms. The Morgan fingerprint density at radius 1 is 1.08 bits per heavy atom. The molecule has 0 saturated carbocycles. The lowest BCUT2D eigenvalue weighted by Crippen LogP contribution is -2.14. The highest BCUT2D eigenvalue weighted by Gasteiger charge is 2.31. The van der Waals surface area contributed by atoms with Gasteiger partial charge in [0.1, 0.15) is 17.3 Å². The van der Waals surface area contributed by atoms with Crippen LogP contribution in [0.2, 0.25) is 0 Å². The molecule has 0 aliphatic carbocycles. The Morgan fingerprint density at radius 2 is 1.77 bits per heavy atom. The molecule has 26 heavy (non-hydrogen) atoms. The van der Waals surface area contributed by atoms with Crippen LogP contribution in [0.4, 0.5) is 23.2 Å². The van der Waals surface area contributed by atoms with Crippen LogP contribution in [0.3, 0.4) is 0 Å². The summed E-state index contributed by atoms with van der Waals surface area (Å²) in [5.74, 6) is -0.862. The van der Waals surface area contributed by atoms with E-state index in [1.807, 2.05) is 25.8 Å². The summed E-state index contributed by atoms with van der Waals surface area (Å²) < 4.78 is 57.5. The maximum Gasteiger partial charge on any atom is 0.416 e. The standard InChI is InChI=1S/C19H20F4N2O/c1-5-25(4)11-24-17-6-13(3)18(7-12(17)2)26-16-9-14(19(21,22)23)8-15(20)10-16/h6-11H,5H2,1-4H3. The number of alkyl halides is 3. The Morgan fingerprint density at radius 3 is 2.38 bits per heavy atom. The Kier molecular flexibility index (Phi) is 5.90. The quantitative estimate of drug-likeness (QED) is 0.375. The van der Waals surface area contributed by atoms with Crippen LogP contribution in [0.15, 0.2) is 35.3 Å². The molecule has 140 valence electrons. The van der Waals surface area contributed by atoms with Crippen LogP contribution in [0.5, 0.6) is 11.5 Å². The number of nitrogens with zero attached hydrogens (tertiary/aromatic N) is 2. The summed E-state index contributed by atoms with van der Waals surface area (Å²) in [7, 11) is 1.89. The van der Waals surface area contributed by atoms with Crippen LogP contribution in [0.25, 0.3) is 0 Å². The summed E-state index contributed by atoms with van der Waals surface area (Å²) >= 11 is 0. The van der Waals surface area contributed by atoms with Crippen molar-refractivity contribution in [3.63, 3.8) is 0 Å². The average Bonchev–Trinajstić information content (AvgIpc) is 2.55. The van der Waals surface area contributed by atoms with E-state index in [0.29, 0.717) is 17.4 Å². The first-order valence-electron chi connectivity index (χ1n) is 8.01. The van der Waals surface area contributed by atoms with Crippen LogP contribution in [-0.2, 0) is 6.18 Å². The van der Waals surface area contributed by atoms with Crippen molar-refractivity contribution in [2.45, 2.75) is 26.9 Å². The summed E-state index contributed by atoms with van der Waals surface area (Å²) in [6.07, 6.45) is -2.94. The van der Waals surface area contributed by atoms with Crippen LogP contribution in [0.1, 0.15) is 23.6 Å². The fourth-order valence-corrected chi connectivity index (χ4v) is 2.18. The molecular weight excluding hydrogens is 348 g/mol. The van der Waals surface area contributed by atoms with Crippen LogP contribution >= 0.6 is 0 Å². The number of ether oxygens (including phenoxy) is 1. The third-order valence-electron chi connectivity index (χ3n) is 3.81. The van der Waals surface area contributed by atoms with Gasteiger partial charge in [-0.1, -0.05) is 0 Å². The zero-order chi connectivity index (χ0) is 19.5. The van der Waals surface area contributed by atoms with Gasteiger partial charge in [-0.2, -0.15) is 13.2 Å². The number of hydrogen-bond acceptors (Lipinski definition) is 2. The number of hydrogen-bond donors (Lipinski definition) is 0. The van der Waals surface area contributed by atoms with Gasteiger partial charge in [-0.05, 0) is 56.2 Å². The molecule has 0 amide bonds. The fourth-order valence-electron chi connectivity index (χ4n) is 2.18. The third kappa shape index (κ3) is 4.97.